The standard InChI is InChI=1S/C17H23NO4/c1-4-15(19)22-17(14-8-6-5-7-9-14)10-13(3)18(16(20)21)11-12(17)2/h5-9,12-13H,4,10-11H2,1-3H3,(H,20,21). The fraction of sp³-hybridized carbons (Fsp3) is 0.529. The SMILES string of the molecule is CCC(=O)OC1(c2ccccc2)CC(C)N(C(=O)O)CC1C. The molecule has 0 aromatic heterocycles. The van der Waals surface area contributed by atoms with Crippen LogP contribution in [0.15, 0.2) is 30.3 Å². The number of nitrogens with zero attached hydrogens (tertiary/aromatic N) is 1. The van der Waals surface area contributed by atoms with Crippen LogP contribution in [0, 0.1) is 5.92 Å². The summed E-state index contributed by atoms with van der Waals surface area (Å²) >= 11 is 0. The van der Waals surface area contributed by atoms with Crippen LogP contribution in [-0.4, -0.2) is 34.7 Å². The van der Waals surface area contributed by atoms with Crippen LogP contribution in [-0.2, 0) is 15.1 Å². The van der Waals surface area contributed by atoms with Gasteiger partial charge in [-0.25, -0.2) is 4.79 Å². The number of hydrogen-bond acceptors (Lipinski definition) is 3. The second-order valence-corrected chi connectivity index (χ2v) is 5.97. The zero-order valence-corrected chi connectivity index (χ0v) is 13.3. The largest absolute Gasteiger partial charge is 0.465 e. The van der Waals surface area contributed by atoms with Crippen molar-refractivity contribution in [2.75, 3.05) is 6.54 Å². The highest BCUT2D eigenvalue weighted by Crippen LogP contribution is 2.43. The van der Waals surface area contributed by atoms with E-state index < -0.39 is 11.7 Å². The van der Waals surface area contributed by atoms with Gasteiger partial charge in [0.2, 0.25) is 0 Å². The number of carbonyl (C=O) groups is 2. The number of hydrogen-bond donors (Lipinski definition) is 1. The molecule has 3 unspecified atom stereocenters. The zero-order valence-electron chi connectivity index (χ0n) is 13.3. The fourth-order valence-electron chi connectivity index (χ4n) is 3.24. The lowest BCUT2D eigenvalue weighted by Gasteiger charge is -2.48. The Morgan fingerprint density at radius 3 is 2.50 bits per heavy atom. The third-order valence-corrected chi connectivity index (χ3v) is 4.49. The Balaban J connectivity index is 2.41. The Morgan fingerprint density at radius 1 is 1.32 bits per heavy atom. The molecule has 3 atom stereocenters. The van der Waals surface area contributed by atoms with Crippen LogP contribution in [0.1, 0.15) is 39.2 Å². The summed E-state index contributed by atoms with van der Waals surface area (Å²) in [5.74, 6) is -0.371. The van der Waals surface area contributed by atoms with Crippen LogP contribution in [0.3, 0.4) is 0 Å². The predicted octanol–water partition coefficient (Wildman–Crippen LogP) is 3.24. The lowest BCUT2D eigenvalue weighted by Crippen LogP contribution is -2.56. The topological polar surface area (TPSA) is 66.8 Å². The molecule has 1 saturated heterocycles. The van der Waals surface area contributed by atoms with Crippen molar-refractivity contribution in [3.63, 3.8) is 0 Å². The van der Waals surface area contributed by atoms with Crippen LogP contribution in [0.2, 0.25) is 0 Å². The Labute approximate surface area is 130 Å². The molecule has 1 aromatic carbocycles. The first-order chi connectivity index (χ1) is 10.4. The van der Waals surface area contributed by atoms with Gasteiger partial charge < -0.3 is 14.7 Å². The van der Waals surface area contributed by atoms with Gasteiger partial charge in [-0.05, 0) is 12.5 Å². The Bertz CT molecular complexity index is 545. The first kappa shape index (κ1) is 16.3. The van der Waals surface area contributed by atoms with Crippen molar-refractivity contribution in [3.05, 3.63) is 35.9 Å². The van der Waals surface area contributed by atoms with E-state index in [0.717, 1.165) is 5.56 Å². The molecule has 5 nitrogen and oxygen atoms in total. The van der Waals surface area contributed by atoms with Crippen LogP contribution in [0.4, 0.5) is 4.79 Å². The predicted molar refractivity (Wildman–Crippen MR) is 82.5 cm³/mol. The monoisotopic (exact) mass is 305 g/mol. The number of likely N-dealkylation sites (tertiary alicyclic amines) is 1. The maximum atomic E-state index is 12.0. The number of carbonyl (C=O) groups excluding carboxylic acids is 1. The highest BCUT2D eigenvalue weighted by Gasteiger charge is 2.49. The molecule has 1 aliphatic heterocycles. The Kier molecular flexibility index (Phi) is 4.74. The van der Waals surface area contributed by atoms with Crippen LogP contribution in [0.5, 0.6) is 0 Å². The highest BCUT2D eigenvalue weighted by atomic mass is 16.6. The molecule has 0 aliphatic carbocycles. The van der Waals surface area contributed by atoms with E-state index in [1.54, 1.807) is 6.92 Å². The molecule has 0 saturated carbocycles. The molecule has 0 bridgehead atoms. The van der Waals surface area contributed by atoms with E-state index in [-0.39, 0.29) is 17.9 Å². The van der Waals surface area contributed by atoms with E-state index in [0.29, 0.717) is 19.4 Å². The Morgan fingerprint density at radius 2 is 1.95 bits per heavy atom. The van der Waals surface area contributed by atoms with E-state index in [2.05, 4.69) is 0 Å². The quantitative estimate of drug-likeness (QED) is 0.871. The average molecular weight is 305 g/mol. The summed E-state index contributed by atoms with van der Waals surface area (Å²) in [5.41, 5.74) is 0.167. The van der Waals surface area contributed by atoms with Crippen molar-refractivity contribution in [1.82, 2.24) is 4.90 Å². The molecule has 0 radical (unpaired) electrons. The molecule has 0 spiro atoms. The normalized spacial score (nSPS) is 28.2. The van der Waals surface area contributed by atoms with Crippen molar-refractivity contribution < 1.29 is 19.4 Å². The summed E-state index contributed by atoms with van der Waals surface area (Å²) in [7, 11) is 0. The van der Waals surface area contributed by atoms with Crippen molar-refractivity contribution in [1.29, 1.82) is 0 Å². The van der Waals surface area contributed by atoms with Crippen LogP contribution in [0.25, 0.3) is 0 Å². The summed E-state index contributed by atoms with van der Waals surface area (Å²) in [6.45, 7) is 5.92. The molecule has 5 heteroatoms. The fourth-order valence-corrected chi connectivity index (χ4v) is 3.24. The highest BCUT2D eigenvalue weighted by molar-refractivity contribution is 5.70. The summed E-state index contributed by atoms with van der Waals surface area (Å²) in [6.07, 6.45) is -0.156. The van der Waals surface area contributed by atoms with Gasteiger partial charge in [0.25, 0.3) is 0 Å². The second-order valence-electron chi connectivity index (χ2n) is 5.97. The molecule has 22 heavy (non-hydrogen) atoms. The minimum absolute atomic E-state index is 0.113. The molecular formula is C17H23NO4. The molecule has 1 heterocycles. The second kappa shape index (κ2) is 6.38. The summed E-state index contributed by atoms with van der Waals surface area (Å²) in [5, 5.41) is 9.31. The van der Waals surface area contributed by atoms with Crippen molar-refractivity contribution in [3.8, 4) is 0 Å². The average Bonchev–Trinajstić information content (AvgIpc) is 2.50. The number of ether oxygens (including phenoxy) is 1. The van der Waals surface area contributed by atoms with E-state index in [9.17, 15) is 14.7 Å². The van der Waals surface area contributed by atoms with E-state index in [4.69, 9.17) is 4.74 Å². The van der Waals surface area contributed by atoms with Crippen molar-refractivity contribution in [2.24, 2.45) is 5.92 Å². The molecule has 1 aliphatic rings. The number of carboxylic acid groups (broad SMARTS) is 1. The summed E-state index contributed by atoms with van der Waals surface area (Å²) < 4.78 is 5.87. The Hall–Kier alpha value is -2.04. The van der Waals surface area contributed by atoms with Gasteiger partial charge in [0.1, 0.15) is 5.60 Å². The van der Waals surface area contributed by atoms with E-state index in [1.807, 2.05) is 44.2 Å². The van der Waals surface area contributed by atoms with E-state index in [1.165, 1.54) is 4.90 Å². The third-order valence-electron chi connectivity index (χ3n) is 4.49. The smallest absolute Gasteiger partial charge is 0.407 e. The summed E-state index contributed by atoms with van der Waals surface area (Å²) in [4.78, 5) is 24.8. The minimum Gasteiger partial charge on any atom is -0.465 e. The first-order valence-corrected chi connectivity index (χ1v) is 7.67. The van der Waals surface area contributed by atoms with Gasteiger partial charge in [-0.15, -0.1) is 0 Å². The molecule has 1 aromatic rings. The maximum absolute atomic E-state index is 12.0. The number of amides is 1. The number of benzene rings is 1. The van der Waals surface area contributed by atoms with Crippen LogP contribution >= 0.6 is 0 Å². The molecular weight excluding hydrogens is 282 g/mol. The molecule has 2 rings (SSSR count). The minimum atomic E-state index is -0.928. The van der Waals surface area contributed by atoms with Crippen LogP contribution < -0.4 is 0 Å². The molecule has 120 valence electrons. The van der Waals surface area contributed by atoms with E-state index >= 15 is 0 Å². The van der Waals surface area contributed by atoms with Gasteiger partial charge in [0, 0.05) is 31.3 Å². The van der Waals surface area contributed by atoms with Gasteiger partial charge in [-0.2, -0.15) is 0 Å². The molecule has 1 amide bonds. The summed E-state index contributed by atoms with van der Waals surface area (Å²) in [6, 6.07) is 9.43. The van der Waals surface area contributed by atoms with Crippen molar-refractivity contribution in [2.45, 2.75) is 45.3 Å². The number of piperidine rings is 1. The van der Waals surface area contributed by atoms with Gasteiger partial charge in [0.15, 0.2) is 0 Å². The molecule has 1 N–H and O–H groups in total. The number of rotatable bonds is 3. The zero-order chi connectivity index (χ0) is 16.3. The van der Waals surface area contributed by atoms with Gasteiger partial charge >= 0.3 is 12.1 Å². The first-order valence-electron chi connectivity index (χ1n) is 7.67. The van der Waals surface area contributed by atoms with Gasteiger partial charge in [-0.3, -0.25) is 4.79 Å². The van der Waals surface area contributed by atoms with Gasteiger partial charge in [-0.1, -0.05) is 44.2 Å². The lowest BCUT2D eigenvalue weighted by molar-refractivity contribution is -0.177. The number of esters is 1. The maximum Gasteiger partial charge on any atom is 0.407 e. The van der Waals surface area contributed by atoms with Gasteiger partial charge in [0.05, 0.1) is 0 Å². The molecule has 1 fully saturated rings. The third kappa shape index (κ3) is 2.93. The lowest BCUT2D eigenvalue weighted by atomic mass is 9.74. The van der Waals surface area contributed by atoms with Crippen molar-refractivity contribution >= 4 is 12.1 Å².